The quantitative estimate of drug-likeness (QED) is 0.500. The highest BCUT2D eigenvalue weighted by atomic mass is 32.1. The van der Waals surface area contributed by atoms with Crippen LogP contribution in [0.15, 0.2) is 52.1 Å². The van der Waals surface area contributed by atoms with E-state index < -0.39 is 0 Å². The summed E-state index contributed by atoms with van der Waals surface area (Å²) in [6, 6.07) is 10.1. The van der Waals surface area contributed by atoms with Gasteiger partial charge in [-0.2, -0.15) is 11.3 Å². The summed E-state index contributed by atoms with van der Waals surface area (Å²) in [4.78, 5) is 31.0. The van der Waals surface area contributed by atoms with Crippen molar-refractivity contribution in [2.75, 3.05) is 33.3 Å². The lowest BCUT2D eigenvalue weighted by Gasteiger charge is -2.37. The summed E-state index contributed by atoms with van der Waals surface area (Å²) in [5.41, 5.74) is 3.10. The topological polar surface area (TPSA) is 59.7 Å². The van der Waals surface area contributed by atoms with Crippen molar-refractivity contribution in [1.29, 1.82) is 0 Å². The molecule has 0 saturated carbocycles. The van der Waals surface area contributed by atoms with Crippen LogP contribution in [0.1, 0.15) is 37.3 Å². The van der Waals surface area contributed by atoms with Crippen LogP contribution in [0.4, 0.5) is 0 Å². The average molecular weight is 481 g/mol. The van der Waals surface area contributed by atoms with Crippen molar-refractivity contribution in [2.45, 2.75) is 38.3 Å². The number of likely N-dealkylation sites (tertiary alicyclic amines) is 2. The molecule has 1 aromatic carbocycles. The van der Waals surface area contributed by atoms with Gasteiger partial charge in [0, 0.05) is 37.8 Å². The van der Waals surface area contributed by atoms with Gasteiger partial charge >= 0.3 is 5.69 Å². The van der Waals surface area contributed by atoms with Crippen LogP contribution in [-0.2, 0) is 16.1 Å². The number of imidazole rings is 1. The molecule has 2 saturated heterocycles. The number of benzene rings is 1. The van der Waals surface area contributed by atoms with Gasteiger partial charge < -0.3 is 9.64 Å². The Morgan fingerprint density at radius 3 is 2.47 bits per heavy atom. The molecule has 0 aliphatic carbocycles. The van der Waals surface area contributed by atoms with Gasteiger partial charge in [-0.25, -0.2) is 4.79 Å². The standard InChI is InChI=1S/C26H32N4O3S/c1-33-16-15-29-23-4-2-3-5-24(23)30(26(29)32)22-8-13-28(14-9-22)25(31)21-6-11-27(12-7-21)18-20-10-17-34-19-20/h2-5,10,15-17,19,21-22H,6-9,11-14,18H2,1H3/b16-15+. The third kappa shape index (κ3) is 4.57. The molecule has 1 amide bonds. The van der Waals surface area contributed by atoms with Crippen molar-refractivity contribution in [3.05, 3.63) is 63.4 Å². The first-order valence-corrected chi connectivity index (χ1v) is 13.0. The van der Waals surface area contributed by atoms with Crippen LogP contribution in [0.3, 0.4) is 0 Å². The van der Waals surface area contributed by atoms with Crippen LogP contribution >= 0.6 is 11.3 Å². The first-order valence-electron chi connectivity index (χ1n) is 12.1. The van der Waals surface area contributed by atoms with Gasteiger partial charge in [0.1, 0.15) is 0 Å². The fraction of sp³-hybridized carbons (Fsp3) is 0.462. The number of thiophene rings is 1. The lowest BCUT2D eigenvalue weighted by atomic mass is 9.93. The van der Waals surface area contributed by atoms with E-state index in [1.54, 1.807) is 29.2 Å². The molecule has 0 unspecified atom stereocenters. The molecule has 8 heteroatoms. The van der Waals surface area contributed by atoms with Gasteiger partial charge in [-0.3, -0.25) is 18.8 Å². The second kappa shape index (κ2) is 10.2. The van der Waals surface area contributed by atoms with Gasteiger partial charge in [0.25, 0.3) is 0 Å². The number of hydrogen-bond acceptors (Lipinski definition) is 5. The van der Waals surface area contributed by atoms with Crippen molar-refractivity contribution in [3.63, 3.8) is 0 Å². The average Bonchev–Trinajstić information content (AvgIpc) is 3.48. The van der Waals surface area contributed by atoms with E-state index in [0.717, 1.165) is 56.4 Å². The zero-order chi connectivity index (χ0) is 23.5. The van der Waals surface area contributed by atoms with E-state index in [9.17, 15) is 9.59 Å². The molecule has 5 rings (SSSR count). The van der Waals surface area contributed by atoms with E-state index in [4.69, 9.17) is 4.74 Å². The van der Waals surface area contributed by atoms with Crippen molar-refractivity contribution in [1.82, 2.24) is 18.9 Å². The summed E-state index contributed by atoms with van der Waals surface area (Å²) in [7, 11) is 1.57. The number of ether oxygens (including phenoxy) is 1. The SMILES string of the molecule is CO/C=C/n1c(=O)n(C2CCN(C(=O)C3CCN(Cc4ccsc4)CC3)CC2)c2ccccc21. The molecule has 34 heavy (non-hydrogen) atoms. The molecule has 2 fully saturated rings. The highest BCUT2D eigenvalue weighted by Crippen LogP contribution is 2.28. The van der Waals surface area contributed by atoms with Crippen LogP contribution in [0, 0.1) is 5.92 Å². The van der Waals surface area contributed by atoms with Crippen molar-refractivity contribution in [2.24, 2.45) is 5.92 Å². The van der Waals surface area contributed by atoms with Gasteiger partial charge in [0.05, 0.1) is 24.4 Å². The van der Waals surface area contributed by atoms with Gasteiger partial charge in [0.2, 0.25) is 5.91 Å². The second-order valence-corrected chi connectivity index (χ2v) is 10.1. The van der Waals surface area contributed by atoms with E-state index >= 15 is 0 Å². The fourth-order valence-corrected chi connectivity index (χ4v) is 6.05. The molecule has 0 N–H and O–H groups in total. The van der Waals surface area contributed by atoms with Crippen LogP contribution < -0.4 is 5.69 Å². The third-order valence-electron chi connectivity index (χ3n) is 7.22. The third-order valence-corrected chi connectivity index (χ3v) is 7.96. The molecule has 0 bridgehead atoms. The maximum atomic E-state index is 13.2. The van der Waals surface area contributed by atoms with Gasteiger partial charge in [-0.1, -0.05) is 12.1 Å². The number of hydrogen-bond donors (Lipinski definition) is 0. The Bertz CT molecular complexity index is 1200. The van der Waals surface area contributed by atoms with E-state index in [1.165, 1.54) is 11.8 Å². The smallest absolute Gasteiger partial charge is 0.333 e. The lowest BCUT2D eigenvalue weighted by Crippen LogP contribution is -2.46. The van der Waals surface area contributed by atoms with Crippen molar-refractivity contribution < 1.29 is 9.53 Å². The summed E-state index contributed by atoms with van der Waals surface area (Å²) in [5.74, 6) is 0.422. The molecule has 7 nitrogen and oxygen atoms in total. The number of piperidine rings is 2. The first kappa shape index (κ1) is 22.9. The zero-order valence-corrected chi connectivity index (χ0v) is 20.5. The number of aromatic nitrogens is 2. The summed E-state index contributed by atoms with van der Waals surface area (Å²) in [6.07, 6.45) is 6.65. The minimum absolute atomic E-state index is 0.0581. The molecule has 0 radical (unpaired) electrons. The minimum atomic E-state index is -0.0581. The first-order chi connectivity index (χ1) is 16.7. The van der Waals surface area contributed by atoms with E-state index in [2.05, 4.69) is 21.7 Å². The molecule has 3 aromatic rings. The molecule has 2 aliphatic heterocycles. The number of fused-ring (bicyclic) bond motifs is 1. The Hall–Kier alpha value is -2.84. The summed E-state index contributed by atoms with van der Waals surface area (Å²) in [6.45, 7) is 4.36. The van der Waals surface area contributed by atoms with E-state index in [0.29, 0.717) is 19.0 Å². The molecule has 0 spiro atoms. The number of amides is 1. The Labute approximate surface area is 203 Å². The monoisotopic (exact) mass is 480 g/mol. The van der Waals surface area contributed by atoms with E-state index in [-0.39, 0.29) is 17.6 Å². The number of methoxy groups -OCH3 is 1. The molecule has 2 aromatic heterocycles. The summed E-state index contributed by atoms with van der Waals surface area (Å²) >= 11 is 1.74. The Morgan fingerprint density at radius 1 is 1.06 bits per heavy atom. The fourth-order valence-electron chi connectivity index (χ4n) is 5.39. The number of nitrogens with zero attached hydrogens (tertiary/aromatic N) is 4. The largest absolute Gasteiger partial charge is 0.503 e. The molecular formula is C26H32N4O3S. The highest BCUT2D eigenvalue weighted by Gasteiger charge is 2.32. The van der Waals surface area contributed by atoms with Gasteiger partial charge in [-0.05, 0) is 73.3 Å². The maximum Gasteiger partial charge on any atom is 0.333 e. The summed E-state index contributed by atoms with van der Waals surface area (Å²) < 4.78 is 8.58. The van der Waals surface area contributed by atoms with Crippen LogP contribution in [0.5, 0.6) is 0 Å². The molecule has 180 valence electrons. The molecule has 4 heterocycles. The lowest BCUT2D eigenvalue weighted by molar-refractivity contribution is -0.138. The van der Waals surface area contributed by atoms with Crippen LogP contribution in [-0.4, -0.2) is 58.1 Å². The van der Waals surface area contributed by atoms with Crippen LogP contribution in [0.2, 0.25) is 0 Å². The maximum absolute atomic E-state index is 13.2. The van der Waals surface area contributed by atoms with Gasteiger partial charge in [-0.15, -0.1) is 0 Å². The van der Waals surface area contributed by atoms with Crippen LogP contribution in [0.25, 0.3) is 17.2 Å². The number of rotatable bonds is 6. The summed E-state index contributed by atoms with van der Waals surface area (Å²) in [5, 5.41) is 4.33. The van der Waals surface area contributed by atoms with Crippen molar-refractivity contribution in [3.8, 4) is 0 Å². The van der Waals surface area contributed by atoms with Gasteiger partial charge in [0.15, 0.2) is 0 Å². The highest BCUT2D eigenvalue weighted by molar-refractivity contribution is 7.07. The van der Waals surface area contributed by atoms with E-state index in [1.807, 2.05) is 33.7 Å². The predicted octanol–water partition coefficient (Wildman–Crippen LogP) is 4.01. The Kier molecular flexibility index (Phi) is 6.87. The van der Waals surface area contributed by atoms with Crippen molar-refractivity contribution >= 4 is 34.5 Å². The minimum Gasteiger partial charge on any atom is -0.503 e. The number of para-hydroxylation sites is 2. The predicted molar refractivity (Wildman–Crippen MR) is 136 cm³/mol. The Balaban J connectivity index is 1.21. The molecule has 0 atom stereocenters. The Morgan fingerprint density at radius 2 is 1.79 bits per heavy atom. The number of carbonyl (C=O) groups is 1. The zero-order valence-electron chi connectivity index (χ0n) is 19.6. The molecular weight excluding hydrogens is 448 g/mol. The second-order valence-electron chi connectivity index (χ2n) is 9.27. The molecule has 2 aliphatic rings. The number of carbonyl (C=O) groups excluding carboxylic acids is 1. The normalized spacial score (nSPS) is 18.8.